The number of carbonyl (C=O) groups is 2. The highest BCUT2D eigenvalue weighted by Gasteiger charge is 2.31. The molecule has 0 fully saturated rings. The van der Waals surface area contributed by atoms with Crippen molar-refractivity contribution in [1.82, 2.24) is 0 Å². The molecule has 27 heavy (non-hydrogen) atoms. The van der Waals surface area contributed by atoms with Gasteiger partial charge in [0.15, 0.2) is 5.76 Å². The van der Waals surface area contributed by atoms with Crippen molar-refractivity contribution in [2.45, 2.75) is 27.7 Å². The summed E-state index contributed by atoms with van der Waals surface area (Å²) < 4.78 is 16.4. The third kappa shape index (κ3) is 3.87. The van der Waals surface area contributed by atoms with Crippen LogP contribution in [0.1, 0.15) is 42.3 Å². The van der Waals surface area contributed by atoms with Crippen LogP contribution < -0.4 is 14.2 Å². The van der Waals surface area contributed by atoms with Gasteiger partial charge >= 0.3 is 5.97 Å². The molecule has 1 aliphatic heterocycles. The molecule has 0 atom stereocenters. The zero-order valence-corrected chi connectivity index (χ0v) is 16.1. The lowest BCUT2D eigenvalue weighted by molar-refractivity contribution is -0.143. The lowest BCUT2D eigenvalue weighted by atomic mass is 9.97. The van der Waals surface area contributed by atoms with Crippen LogP contribution >= 0.6 is 0 Å². The number of aryl methyl sites for hydroxylation is 1. The number of methoxy groups -OCH3 is 1. The zero-order chi connectivity index (χ0) is 19.8. The molecular formula is C22H22O5. The minimum absolute atomic E-state index is 0.195. The predicted octanol–water partition coefficient (Wildman–Crippen LogP) is 4.57. The van der Waals surface area contributed by atoms with E-state index in [1.807, 2.05) is 24.3 Å². The van der Waals surface area contributed by atoms with E-state index in [-0.39, 0.29) is 17.5 Å². The first-order valence-electron chi connectivity index (χ1n) is 8.64. The number of ketones is 1. The zero-order valence-electron chi connectivity index (χ0n) is 16.1. The molecule has 0 amide bonds. The fourth-order valence-corrected chi connectivity index (χ4v) is 2.68. The standard InChI is InChI=1S/C22H22O5/c1-13-9-16(26-21(24)22(2,3)4)12-17-19(13)20(23)18(27-17)11-14-7-6-8-15(10-14)25-5/h6-12H,1-5H3/b18-11-. The molecule has 2 aromatic carbocycles. The number of esters is 1. The number of hydrogen-bond acceptors (Lipinski definition) is 5. The summed E-state index contributed by atoms with van der Waals surface area (Å²) in [5.74, 6) is 1.13. The fraction of sp³-hybridized carbons (Fsp3) is 0.273. The van der Waals surface area contributed by atoms with Gasteiger partial charge in [0.25, 0.3) is 0 Å². The van der Waals surface area contributed by atoms with Gasteiger partial charge in [0.2, 0.25) is 5.78 Å². The molecule has 0 spiro atoms. The van der Waals surface area contributed by atoms with Gasteiger partial charge in [0, 0.05) is 6.07 Å². The molecule has 0 saturated carbocycles. The molecule has 5 heteroatoms. The average Bonchev–Trinajstić information content (AvgIpc) is 2.90. The molecule has 0 aromatic heterocycles. The molecule has 1 heterocycles. The first-order chi connectivity index (χ1) is 12.7. The van der Waals surface area contributed by atoms with Crippen molar-refractivity contribution in [3.8, 4) is 17.2 Å². The Morgan fingerprint density at radius 2 is 1.85 bits per heavy atom. The fourth-order valence-electron chi connectivity index (χ4n) is 2.68. The smallest absolute Gasteiger partial charge is 0.316 e. The SMILES string of the molecule is COc1cccc(/C=C2\Oc3cc(OC(=O)C(C)(C)C)cc(C)c3C2=O)c1. The second-order valence-corrected chi connectivity index (χ2v) is 7.47. The number of benzene rings is 2. The Hall–Kier alpha value is -3.08. The topological polar surface area (TPSA) is 61.8 Å². The lowest BCUT2D eigenvalue weighted by Gasteiger charge is -2.16. The Morgan fingerprint density at radius 1 is 1.11 bits per heavy atom. The second-order valence-electron chi connectivity index (χ2n) is 7.47. The highest BCUT2D eigenvalue weighted by molar-refractivity contribution is 6.15. The van der Waals surface area contributed by atoms with Crippen LogP contribution in [0.3, 0.4) is 0 Å². The molecule has 0 aliphatic carbocycles. The quantitative estimate of drug-likeness (QED) is 0.452. The third-order valence-corrected chi connectivity index (χ3v) is 4.16. The molecule has 2 aromatic rings. The molecular weight excluding hydrogens is 344 g/mol. The second kappa shape index (κ2) is 6.91. The van der Waals surface area contributed by atoms with Crippen LogP contribution in [-0.2, 0) is 4.79 Å². The van der Waals surface area contributed by atoms with Crippen LogP contribution in [0.25, 0.3) is 6.08 Å². The Kier molecular flexibility index (Phi) is 4.79. The van der Waals surface area contributed by atoms with Gasteiger partial charge in [-0.2, -0.15) is 0 Å². The first kappa shape index (κ1) is 18.7. The highest BCUT2D eigenvalue weighted by atomic mass is 16.5. The van der Waals surface area contributed by atoms with Crippen molar-refractivity contribution >= 4 is 17.8 Å². The van der Waals surface area contributed by atoms with E-state index < -0.39 is 5.41 Å². The molecule has 1 aliphatic rings. The molecule has 140 valence electrons. The van der Waals surface area contributed by atoms with Gasteiger partial charge in [-0.15, -0.1) is 0 Å². The maximum atomic E-state index is 12.7. The van der Waals surface area contributed by atoms with E-state index in [0.29, 0.717) is 28.4 Å². The molecule has 0 N–H and O–H groups in total. The van der Waals surface area contributed by atoms with E-state index in [2.05, 4.69) is 0 Å². The summed E-state index contributed by atoms with van der Waals surface area (Å²) in [6.45, 7) is 7.14. The highest BCUT2D eigenvalue weighted by Crippen LogP contribution is 2.38. The van der Waals surface area contributed by atoms with Crippen molar-refractivity contribution in [2.75, 3.05) is 7.11 Å². The molecule has 0 unspecified atom stereocenters. The van der Waals surface area contributed by atoms with Crippen molar-refractivity contribution in [1.29, 1.82) is 0 Å². The van der Waals surface area contributed by atoms with Gasteiger partial charge in [-0.3, -0.25) is 9.59 Å². The maximum Gasteiger partial charge on any atom is 0.316 e. The third-order valence-electron chi connectivity index (χ3n) is 4.16. The Balaban J connectivity index is 1.91. The number of Topliss-reactive ketones (excluding diaryl/α,β-unsaturated/α-hetero) is 1. The normalized spacial score (nSPS) is 14.7. The average molecular weight is 366 g/mol. The van der Waals surface area contributed by atoms with Gasteiger partial charge in [-0.05, 0) is 63.1 Å². The van der Waals surface area contributed by atoms with Crippen LogP contribution in [0.2, 0.25) is 0 Å². The summed E-state index contributed by atoms with van der Waals surface area (Å²) in [6.07, 6.45) is 1.67. The summed E-state index contributed by atoms with van der Waals surface area (Å²) in [5, 5.41) is 0. The van der Waals surface area contributed by atoms with Crippen molar-refractivity contribution in [2.24, 2.45) is 5.41 Å². The number of rotatable bonds is 3. The van der Waals surface area contributed by atoms with Crippen LogP contribution in [0.15, 0.2) is 42.2 Å². The summed E-state index contributed by atoms with van der Waals surface area (Å²) >= 11 is 0. The molecule has 0 radical (unpaired) electrons. The van der Waals surface area contributed by atoms with Crippen LogP contribution in [0.4, 0.5) is 0 Å². The maximum absolute atomic E-state index is 12.7. The first-order valence-corrected chi connectivity index (χ1v) is 8.64. The monoisotopic (exact) mass is 366 g/mol. The van der Waals surface area contributed by atoms with Crippen molar-refractivity contribution in [3.05, 3.63) is 58.8 Å². The summed E-state index contributed by atoms with van der Waals surface area (Å²) in [7, 11) is 1.59. The largest absolute Gasteiger partial charge is 0.497 e. The Labute approximate surface area is 158 Å². The van der Waals surface area contributed by atoms with Gasteiger partial charge in [0.05, 0.1) is 18.1 Å². The van der Waals surface area contributed by atoms with E-state index in [0.717, 1.165) is 5.56 Å². The molecule has 5 nitrogen and oxygen atoms in total. The van der Waals surface area contributed by atoms with Crippen LogP contribution in [0.5, 0.6) is 17.2 Å². The number of allylic oxidation sites excluding steroid dienone is 1. The van der Waals surface area contributed by atoms with E-state index in [1.54, 1.807) is 53.0 Å². The summed E-state index contributed by atoms with van der Waals surface area (Å²) in [5.41, 5.74) is 1.35. The van der Waals surface area contributed by atoms with E-state index in [9.17, 15) is 9.59 Å². The van der Waals surface area contributed by atoms with Gasteiger partial charge < -0.3 is 14.2 Å². The number of ether oxygens (including phenoxy) is 3. The number of carbonyl (C=O) groups excluding carboxylic acids is 2. The molecule has 3 rings (SSSR count). The summed E-state index contributed by atoms with van der Waals surface area (Å²) in [6, 6.07) is 10.6. The van der Waals surface area contributed by atoms with Gasteiger partial charge in [-0.25, -0.2) is 0 Å². The van der Waals surface area contributed by atoms with E-state index in [4.69, 9.17) is 14.2 Å². The predicted molar refractivity (Wildman–Crippen MR) is 102 cm³/mol. The van der Waals surface area contributed by atoms with E-state index in [1.165, 1.54) is 0 Å². The number of hydrogen-bond donors (Lipinski definition) is 0. The van der Waals surface area contributed by atoms with Crippen LogP contribution in [0, 0.1) is 12.3 Å². The van der Waals surface area contributed by atoms with Crippen LogP contribution in [-0.4, -0.2) is 18.9 Å². The minimum Gasteiger partial charge on any atom is -0.497 e. The lowest BCUT2D eigenvalue weighted by Crippen LogP contribution is -2.25. The van der Waals surface area contributed by atoms with Gasteiger partial charge in [-0.1, -0.05) is 12.1 Å². The van der Waals surface area contributed by atoms with Crippen molar-refractivity contribution < 1.29 is 23.8 Å². The van der Waals surface area contributed by atoms with E-state index >= 15 is 0 Å². The minimum atomic E-state index is -0.624. The number of fused-ring (bicyclic) bond motifs is 1. The Morgan fingerprint density at radius 3 is 2.52 bits per heavy atom. The van der Waals surface area contributed by atoms with Gasteiger partial charge in [0.1, 0.15) is 17.2 Å². The molecule has 0 bridgehead atoms. The Bertz CT molecular complexity index is 948. The van der Waals surface area contributed by atoms with Crippen molar-refractivity contribution in [3.63, 3.8) is 0 Å². The molecule has 0 saturated heterocycles. The summed E-state index contributed by atoms with van der Waals surface area (Å²) in [4.78, 5) is 24.9.